The average Bonchev–Trinajstić information content (AvgIpc) is 2.46. The second kappa shape index (κ2) is 5.28. The van der Waals surface area contributed by atoms with Gasteiger partial charge in [-0.3, -0.25) is 0 Å². The molecule has 118 valence electrons. The van der Waals surface area contributed by atoms with Crippen LogP contribution in [0.5, 0.6) is 0 Å². The summed E-state index contributed by atoms with van der Waals surface area (Å²) in [6.45, 7) is 12.2. The molecule has 3 aliphatic carbocycles. The molecular weight excluding hydrogens is 252 g/mol. The van der Waals surface area contributed by atoms with Crippen LogP contribution in [0.1, 0.15) is 86.0 Å². The van der Waals surface area contributed by atoms with E-state index in [0.717, 1.165) is 11.8 Å². The van der Waals surface area contributed by atoms with Crippen LogP contribution in [0.3, 0.4) is 0 Å². The first-order valence-electron chi connectivity index (χ1n) is 9.27. The number of rotatable bonds is 1. The van der Waals surface area contributed by atoms with Gasteiger partial charge in [0, 0.05) is 0 Å². The molecule has 0 heterocycles. The Bertz CT molecular complexity index is 476. The fourth-order valence-electron chi connectivity index (χ4n) is 6.12. The van der Waals surface area contributed by atoms with Crippen molar-refractivity contribution in [3.05, 3.63) is 22.8 Å². The van der Waals surface area contributed by atoms with Gasteiger partial charge in [-0.2, -0.15) is 0 Å². The highest BCUT2D eigenvalue weighted by atomic mass is 14.6. The van der Waals surface area contributed by atoms with Crippen molar-refractivity contribution in [2.45, 2.75) is 86.0 Å². The van der Waals surface area contributed by atoms with E-state index in [4.69, 9.17) is 0 Å². The lowest BCUT2D eigenvalue weighted by Gasteiger charge is -2.59. The van der Waals surface area contributed by atoms with Crippen molar-refractivity contribution >= 4 is 0 Å². The molecule has 3 aliphatic rings. The van der Waals surface area contributed by atoms with Crippen molar-refractivity contribution in [3.8, 4) is 0 Å². The van der Waals surface area contributed by atoms with Crippen LogP contribution in [0.4, 0.5) is 0 Å². The van der Waals surface area contributed by atoms with Gasteiger partial charge in [0.05, 0.1) is 0 Å². The van der Waals surface area contributed by atoms with E-state index < -0.39 is 0 Å². The maximum absolute atomic E-state index is 2.65. The minimum absolute atomic E-state index is 0.584. The minimum atomic E-state index is 0.584. The van der Waals surface area contributed by atoms with Crippen LogP contribution in [0, 0.1) is 22.7 Å². The summed E-state index contributed by atoms with van der Waals surface area (Å²) < 4.78 is 0. The SMILES string of the molecule is CC[C@]1(C)CCC[C@]2(C)[C@H]3CCC(=C(C)C)C=C3CC[C@@H]12. The molecule has 2 saturated carbocycles. The molecule has 21 heavy (non-hydrogen) atoms. The maximum atomic E-state index is 2.65. The highest BCUT2D eigenvalue weighted by Crippen LogP contribution is 2.63. The Morgan fingerprint density at radius 1 is 1.14 bits per heavy atom. The second-order valence-electron chi connectivity index (χ2n) is 8.79. The molecule has 0 aromatic carbocycles. The summed E-state index contributed by atoms with van der Waals surface area (Å²) in [5, 5.41) is 0. The molecule has 0 aliphatic heterocycles. The molecule has 0 amide bonds. The van der Waals surface area contributed by atoms with Crippen molar-refractivity contribution in [1.29, 1.82) is 0 Å². The first-order chi connectivity index (χ1) is 9.90. The van der Waals surface area contributed by atoms with Gasteiger partial charge in [0.1, 0.15) is 0 Å². The molecule has 0 saturated heterocycles. The Balaban J connectivity index is 1.96. The zero-order chi connectivity index (χ0) is 15.3. The van der Waals surface area contributed by atoms with E-state index in [9.17, 15) is 0 Å². The van der Waals surface area contributed by atoms with Crippen LogP contribution < -0.4 is 0 Å². The maximum Gasteiger partial charge on any atom is -0.0140 e. The van der Waals surface area contributed by atoms with Gasteiger partial charge in [0.2, 0.25) is 0 Å². The van der Waals surface area contributed by atoms with Gasteiger partial charge in [-0.1, -0.05) is 50.8 Å². The van der Waals surface area contributed by atoms with E-state index >= 15 is 0 Å². The summed E-state index contributed by atoms with van der Waals surface area (Å²) in [6, 6.07) is 0. The van der Waals surface area contributed by atoms with Gasteiger partial charge in [0.15, 0.2) is 0 Å². The topological polar surface area (TPSA) is 0 Å². The van der Waals surface area contributed by atoms with Crippen molar-refractivity contribution in [2.24, 2.45) is 22.7 Å². The van der Waals surface area contributed by atoms with Crippen LogP contribution in [0.25, 0.3) is 0 Å². The van der Waals surface area contributed by atoms with Gasteiger partial charge >= 0.3 is 0 Å². The molecule has 0 aromatic heterocycles. The van der Waals surface area contributed by atoms with E-state index in [1.807, 2.05) is 0 Å². The van der Waals surface area contributed by atoms with E-state index in [1.54, 1.807) is 11.1 Å². The Morgan fingerprint density at radius 2 is 1.90 bits per heavy atom. The molecule has 4 atom stereocenters. The van der Waals surface area contributed by atoms with E-state index in [1.165, 1.54) is 56.9 Å². The minimum Gasteiger partial charge on any atom is -0.0732 e. The molecule has 0 bridgehead atoms. The van der Waals surface area contributed by atoms with E-state index in [-0.39, 0.29) is 0 Å². The number of hydrogen-bond acceptors (Lipinski definition) is 0. The highest BCUT2D eigenvalue weighted by Gasteiger charge is 2.54. The van der Waals surface area contributed by atoms with Gasteiger partial charge in [-0.25, -0.2) is 0 Å². The largest absolute Gasteiger partial charge is 0.0732 e. The van der Waals surface area contributed by atoms with Crippen molar-refractivity contribution in [1.82, 2.24) is 0 Å². The van der Waals surface area contributed by atoms with Gasteiger partial charge in [-0.15, -0.1) is 0 Å². The molecule has 0 unspecified atom stereocenters. The lowest BCUT2D eigenvalue weighted by Crippen LogP contribution is -2.50. The molecule has 2 fully saturated rings. The van der Waals surface area contributed by atoms with E-state index in [2.05, 4.69) is 40.7 Å². The fraction of sp³-hybridized carbons (Fsp3) is 0.810. The molecule has 0 aromatic rings. The van der Waals surface area contributed by atoms with Crippen LogP contribution >= 0.6 is 0 Å². The van der Waals surface area contributed by atoms with Gasteiger partial charge in [-0.05, 0) is 80.6 Å². The number of hydrogen-bond donors (Lipinski definition) is 0. The number of fused-ring (bicyclic) bond motifs is 3. The summed E-state index contributed by atoms with van der Waals surface area (Å²) in [5.74, 6) is 1.84. The molecule has 3 rings (SSSR count). The van der Waals surface area contributed by atoms with Crippen LogP contribution in [-0.4, -0.2) is 0 Å². The summed E-state index contributed by atoms with van der Waals surface area (Å²) in [6.07, 6.45) is 13.9. The second-order valence-corrected chi connectivity index (χ2v) is 8.79. The van der Waals surface area contributed by atoms with Gasteiger partial charge in [0.25, 0.3) is 0 Å². The van der Waals surface area contributed by atoms with Crippen molar-refractivity contribution in [3.63, 3.8) is 0 Å². The highest BCUT2D eigenvalue weighted by molar-refractivity contribution is 5.34. The Kier molecular flexibility index (Phi) is 3.87. The third-order valence-corrected chi connectivity index (χ3v) is 7.58. The van der Waals surface area contributed by atoms with Crippen LogP contribution in [-0.2, 0) is 0 Å². The molecule has 0 heteroatoms. The average molecular weight is 287 g/mol. The van der Waals surface area contributed by atoms with Gasteiger partial charge < -0.3 is 0 Å². The quantitative estimate of drug-likeness (QED) is 0.504. The van der Waals surface area contributed by atoms with Crippen molar-refractivity contribution < 1.29 is 0 Å². The molecular formula is C21H34. The summed E-state index contributed by atoms with van der Waals surface area (Å²) in [5.41, 5.74) is 6.17. The lowest BCUT2D eigenvalue weighted by molar-refractivity contribution is -0.0659. The molecule has 0 radical (unpaired) electrons. The molecule has 0 spiro atoms. The predicted molar refractivity (Wildman–Crippen MR) is 92.3 cm³/mol. The third-order valence-electron chi connectivity index (χ3n) is 7.58. The summed E-state index contributed by atoms with van der Waals surface area (Å²) in [7, 11) is 0. The molecule has 0 nitrogen and oxygen atoms in total. The summed E-state index contributed by atoms with van der Waals surface area (Å²) >= 11 is 0. The normalized spacial score (nSPS) is 42.9. The standard InChI is InChI=1S/C21H34/c1-6-20(4)12-7-13-21(5)18-10-8-16(15(2)3)14-17(18)9-11-19(20)21/h14,18-19H,6-13H2,1-5H3/t18-,19-,20+,21+/m0/s1. The van der Waals surface area contributed by atoms with Crippen LogP contribution in [0.2, 0.25) is 0 Å². The Morgan fingerprint density at radius 3 is 2.57 bits per heavy atom. The van der Waals surface area contributed by atoms with E-state index in [0.29, 0.717) is 10.8 Å². The smallest absolute Gasteiger partial charge is 0.0140 e. The number of allylic oxidation sites excluding steroid dienone is 4. The summed E-state index contributed by atoms with van der Waals surface area (Å²) in [4.78, 5) is 0. The lowest BCUT2D eigenvalue weighted by atomic mass is 9.45. The first kappa shape index (κ1) is 15.4. The zero-order valence-corrected chi connectivity index (χ0v) is 14.9. The monoisotopic (exact) mass is 286 g/mol. The zero-order valence-electron chi connectivity index (χ0n) is 14.9. The first-order valence-corrected chi connectivity index (χ1v) is 9.27. The fourth-order valence-corrected chi connectivity index (χ4v) is 6.12. The molecule has 0 N–H and O–H groups in total. The van der Waals surface area contributed by atoms with Crippen LogP contribution in [0.15, 0.2) is 22.8 Å². The van der Waals surface area contributed by atoms with Crippen molar-refractivity contribution in [2.75, 3.05) is 0 Å². The Hall–Kier alpha value is -0.520. The Labute approximate surface area is 132 Å². The predicted octanol–water partition coefficient (Wildman–Crippen LogP) is 6.68. The third kappa shape index (κ3) is 2.34.